The largest absolute Gasteiger partial charge is 0.478 e. The molecule has 1 fully saturated rings. The quantitative estimate of drug-likeness (QED) is 0.712. The molecule has 3 rings (SSSR count). The summed E-state index contributed by atoms with van der Waals surface area (Å²) in [5, 5.41) is 19.5. The normalized spacial score (nSPS) is 14.4. The third kappa shape index (κ3) is 4.94. The Morgan fingerprint density at radius 1 is 1.24 bits per heavy atom. The SMILES string of the molecule is Fc1c(Cl)cc(N2CCNCC2)c2occc12.O=C(O)/C=C/C(=O)O. The first-order valence-corrected chi connectivity index (χ1v) is 7.72. The number of hydrogen-bond acceptors (Lipinski definition) is 5. The van der Waals surface area contributed by atoms with Gasteiger partial charge in [-0.25, -0.2) is 14.0 Å². The maximum Gasteiger partial charge on any atom is 0.328 e. The minimum atomic E-state index is -1.26. The zero-order valence-corrected chi connectivity index (χ0v) is 13.8. The van der Waals surface area contributed by atoms with E-state index in [9.17, 15) is 14.0 Å². The zero-order chi connectivity index (χ0) is 18.4. The molecule has 1 saturated heterocycles. The van der Waals surface area contributed by atoms with Crippen LogP contribution in [0.5, 0.6) is 0 Å². The molecule has 3 N–H and O–H groups in total. The van der Waals surface area contributed by atoms with Gasteiger partial charge < -0.3 is 24.8 Å². The Morgan fingerprint density at radius 3 is 2.40 bits per heavy atom. The van der Waals surface area contributed by atoms with Crippen LogP contribution in [-0.2, 0) is 9.59 Å². The van der Waals surface area contributed by atoms with Crippen LogP contribution in [0, 0.1) is 5.82 Å². The predicted octanol–water partition coefficient (Wildman–Crippen LogP) is 2.35. The van der Waals surface area contributed by atoms with E-state index in [-0.39, 0.29) is 5.02 Å². The van der Waals surface area contributed by atoms with E-state index < -0.39 is 17.8 Å². The lowest BCUT2D eigenvalue weighted by Crippen LogP contribution is -2.43. The van der Waals surface area contributed by atoms with Gasteiger partial charge in [0.15, 0.2) is 11.4 Å². The molecule has 0 aliphatic carbocycles. The average Bonchev–Trinajstić information content (AvgIpc) is 3.07. The van der Waals surface area contributed by atoms with Gasteiger partial charge in [-0.3, -0.25) is 0 Å². The average molecular weight is 371 g/mol. The van der Waals surface area contributed by atoms with Crippen molar-refractivity contribution < 1.29 is 28.6 Å². The van der Waals surface area contributed by atoms with Gasteiger partial charge in [0.1, 0.15) is 0 Å². The van der Waals surface area contributed by atoms with Crippen LogP contribution in [0.1, 0.15) is 0 Å². The first-order chi connectivity index (χ1) is 11.9. The van der Waals surface area contributed by atoms with Gasteiger partial charge in [0, 0.05) is 38.3 Å². The summed E-state index contributed by atoms with van der Waals surface area (Å²) in [6.07, 6.45) is 2.61. The number of fused-ring (bicyclic) bond motifs is 1. The van der Waals surface area contributed by atoms with Crippen molar-refractivity contribution in [2.45, 2.75) is 0 Å². The Morgan fingerprint density at radius 2 is 1.84 bits per heavy atom. The minimum Gasteiger partial charge on any atom is -0.478 e. The summed E-state index contributed by atoms with van der Waals surface area (Å²) >= 11 is 5.91. The number of carbonyl (C=O) groups is 2. The molecule has 0 amide bonds. The third-order valence-corrected chi connectivity index (χ3v) is 3.71. The summed E-state index contributed by atoms with van der Waals surface area (Å²) < 4.78 is 19.1. The molecule has 134 valence electrons. The van der Waals surface area contributed by atoms with Crippen LogP contribution >= 0.6 is 11.6 Å². The molecule has 9 heteroatoms. The van der Waals surface area contributed by atoms with Crippen LogP contribution in [-0.4, -0.2) is 48.3 Å². The first-order valence-electron chi connectivity index (χ1n) is 7.35. The number of furan rings is 1. The molecule has 1 aromatic carbocycles. The highest BCUT2D eigenvalue weighted by Gasteiger charge is 2.19. The second-order valence-electron chi connectivity index (χ2n) is 5.10. The number of aliphatic carboxylic acids is 2. The molecule has 0 spiro atoms. The van der Waals surface area contributed by atoms with Gasteiger partial charge in [0.2, 0.25) is 0 Å². The molecule has 0 saturated carbocycles. The molecule has 0 unspecified atom stereocenters. The van der Waals surface area contributed by atoms with Gasteiger partial charge in [0.05, 0.1) is 22.4 Å². The summed E-state index contributed by atoms with van der Waals surface area (Å²) in [6, 6.07) is 3.26. The Balaban J connectivity index is 0.000000242. The van der Waals surface area contributed by atoms with Crippen LogP contribution in [0.15, 0.2) is 35.0 Å². The summed E-state index contributed by atoms with van der Waals surface area (Å²) in [7, 11) is 0. The van der Waals surface area contributed by atoms with Crippen LogP contribution in [0.3, 0.4) is 0 Å². The summed E-state index contributed by atoms with van der Waals surface area (Å²) in [6.45, 7) is 3.57. The molecular weight excluding hydrogens is 355 g/mol. The Bertz CT molecular complexity index is 783. The first kappa shape index (κ1) is 18.8. The number of benzene rings is 1. The second-order valence-corrected chi connectivity index (χ2v) is 5.51. The lowest BCUT2D eigenvalue weighted by Gasteiger charge is -2.29. The highest BCUT2D eigenvalue weighted by molar-refractivity contribution is 6.32. The van der Waals surface area contributed by atoms with Crippen molar-refractivity contribution in [2.75, 3.05) is 31.1 Å². The number of nitrogens with one attached hydrogen (secondary N) is 1. The molecule has 0 bridgehead atoms. The molecule has 2 heterocycles. The number of nitrogens with zero attached hydrogens (tertiary/aromatic N) is 1. The highest BCUT2D eigenvalue weighted by Crippen LogP contribution is 2.34. The molecule has 7 nitrogen and oxygen atoms in total. The topological polar surface area (TPSA) is 103 Å². The van der Waals surface area contributed by atoms with E-state index in [0.717, 1.165) is 31.9 Å². The van der Waals surface area contributed by atoms with Gasteiger partial charge in [-0.15, -0.1) is 0 Å². The van der Waals surface area contributed by atoms with E-state index in [0.29, 0.717) is 23.1 Å². The fourth-order valence-corrected chi connectivity index (χ4v) is 2.55. The molecule has 1 aliphatic rings. The molecule has 25 heavy (non-hydrogen) atoms. The van der Waals surface area contributed by atoms with Crippen LogP contribution in [0.4, 0.5) is 10.1 Å². The van der Waals surface area contributed by atoms with Crippen molar-refractivity contribution in [3.05, 3.63) is 41.4 Å². The Hall–Kier alpha value is -2.58. The molecule has 1 aromatic heterocycles. The molecule has 0 radical (unpaired) electrons. The zero-order valence-electron chi connectivity index (χ0n) is 13.0. The number of hydrogen-bond donors (Lipinski definition) is 3. The van der Waals surface area contributed by atoms with Crippen molar-refractivity contribution >= 4 is 40.2 Å². The number of anilines is 1. The smallest absolute Gasteiger partial charge is 0.328 e. The van der Waals surface area contributed by atoms with E-state index in [4.69, 9.17) is 26.2 Å². The van der Waals surface area contributed by atoms with Gasteiger partial charge in [-0.2, -0.15) is 0 Å². The summed E-state index contributed by atoms with van der Waals surface area (Å²) in [5.41, 5.74) is 1.45. The van der Waals surface area contributed by atoms with Crippen molar-refractivity contribution in [1.82, 2.24) is 5.32 Å². The molecule has 2 aromatic rings. The highest BCUT2D eigenvalue weighted by atomic mass is 35.5. The Kier molecular flexibility index (Phi) is 6.37. The number of rotatable bonds is 3. The maximum atomic E-state index is 13.8. The Labute approximate surface area is 147 Å². The number of carboxylic acids is 2. The van der Waals surface area contributed by atoms with Gasteiger partial charge in [-0.1, -0.05) is 11.6 Å². The van der Waals surface area contributed by atoms with E-state index in [1.165, 1.54) is 6.26 Å². The second kappa shape index (κ2) is 8.50. The standard InChI is InChI=1S/C12H12ClFN2O.C4H4O4/c13-9-7-10(16-4-2-15-3-5-16)12-8(11(9)14)1-6-17-12;5-3(6)1-2-4(7)8/h1,6-7,15H,2-5H2;1-2H,(H,5,6)(H,7,8)/b;2-1+. The van der Waals surface area contributed by atoms with Crippen molar-refractivity contribution in [2.24, 2.45) is 0 Å². The van der Waals surface area contributed by atoms with Crippen molar-refractivity contribution in [3.8, 4) is 0 Å². The fourth-order valence-electron chi connectivity index (χ4n) is 2.34. The minimum absolute atomic E-state index is 0.146. The third-order valence-electron chi connectivity index (χ3n) is 3.43. The van der Waals surface area contributed by atoms with E-state index in [2.05, 4.69) is 10.2 Å². The summed E-state index contributed by atoms with van der Waals surface area (Å²) in [5.74, 6) is -2.92. The van der Waals surface area contributed by atoms with Crippen molar-refractivity contribution in [3.63, 3.8) is 0 Å². The number of carboxylic acid groups (broad SMARTS) is 2. The van der Waals surface area contributed by atoms with E-state index >= 15 is 0 Å². The summed E-state index contributed by atoms with van der Waals surface area (Å²) in [4.78, 5) is 21.3. The number of piperazine rings is 1. The van der Waals surface area contributed by atoms with Crippen LogP contribution < -0.4 is 10.2 Å². The molecular formula is C16H16ClFN2O5. The predicted molar refractivity (Wildman–Crippen MR) is 90.7 cm³/mol. The van der Waals surface area contributed by atoms with Gasteiger partial charge in [0.25, 0.3) is 0 Å². The van der Waals surface area contributed by atoms with E-state index in [1.54, 1.807) is 12.1 Å². The lowest BCUT2D eigenvalue weighted by atomic mass is 10.2. The number of halogens is 2. The van der Waals surface area contributed by atoms with Gasteiger partial charge in [-0.05, 0) is 12.1 Å². The molecule has 1 aliphatic heterocycles. The fraction of sp³-hybridized carbons (Fsp3) is 0.250. The maximum absolute atomic E-state index is 13.8. The molecule has 0 atom stereocenters. The van der Waals surface area contributed by atoms with Crippen molar-refractivity contribution in [1.29, 1.82) is 0 Å². The monoisotopic (exact) mass is 370 g/mol. The van der Waals surface area contributed by atoms with Crippen LogP contribution in [0.25, 0.3) is 11.0 Å². The van der Waals surface area contributed by atoms with Gasteiger partial charge >= 0.3 is 11.9 Å². The lowest BCUT2D eigenvalue weighted by molar-refractivity contribution is -0.134. The van der Waals surface area contributed by atoms with E-state index in [1.807, 2.05) is 0 Å². The van der Waals surface area contributed by atoms with Crippen LogP contribution in [0.2, 0.25) is 5.02 Å².